The van der Waals surface area contributed by atoms with Crippen LogP contribution >= 0.6 is 46.4 Å². The molecule has 34 heavy (non-hydrogen) atoms. The molecule has 0 radical (unpaired) electrons. The van der Waals surface area contributed by atoms with Gasteiger partial charge in [-0.1, -0.05) is 46.4 Å². The number of carboxylic acids is 2. The summed E-state index contributed by atoms with van der Waals surface area (Å²) in [6.07, 6.45) is 1.69. The first-order valence-corrected chi connectivity index (χ1v) is 11.2. The first-order valence-electron chi connectivity index (χ1n) is 9.66. The van der Waals surface area contributed by atoms with Crippen molar-refractivity contribution in [1.29, 1.82) is 0 Å². The van der Waals surface area contributed by atoms with Crippen LogP contribution in [-0.2, 0) is 14.3 Å². The molecule has 0 aromatic heterocycles. The highest BCUT2D eigenvalue weighted by atomic mass is 35.5. The molecule has 0 fully saturated rings. The van der Waals surface area contributed by atoms with Crippen molar-refractivity contribution in [1.82, 2.24) is 0 Å². The maximum atomic E-state index is 13.1. The Balaban J connectivity index is 1.80. The third-order valence-electron chi connectivity index (χ3n) is 4.65. The van der Waals surface area contributed by atoms with Gasteiger partial charge in [-0.3, -0.25) is 4.79 Å². The summed E-state index contributed by atoms with van der Waals surface area (Å²) in [5.74, 6) is -2.37. The Morgan fingerprint density at radius 2 is 1.41 bits per heavy atom. The zero-order chi connectivity index (χ0) is 25.0. The Morgan fingerprint density at radius 1 is 0.853 bits per heavy atom. The number of carbonyl (C=O) groups is 3. The fourth-order valence-electron chi connectivity index (χ4n) is 3.10. The fourth-order valence-corrected chi connectivity index (χ4v) is 4.04. The van der Waals surface area contributed by atoms with E-state index in [4.69, 9.17) is 70.8 Å². The van der Waals surface area contributed by atoms with Gasteiger partial charge in [0, 0.05) is 11.1 Å². The van der Waals surface area contributed by atoms with Crippen LogP contribution in [-0.4, -0.2) is 47.3 Å². The van der Waals surface area contributed by atoms with Crippen LogP contribution in [0.25, 0.3) is 5.76 Å². The minimum absolute atomic E-state index is 0.00476. The summed E-state index contributed by atoms with van der Waals surface area (Å²) >= 11 is 25.0. The molecule has 0 amide bonds. The Bertz CT molecular complexity index is 1180. The van der Waals surface area contributed by atoms with Crippen LogP contribution in [0.15, 0.2) is 30.3 Å². The normalized spacial score (nSPS) is 15.2. The molecule has 1 aliphatic rings. The minimum atomic E-state index is -1.19. The lowest BCUT2D eigenvalue weighted by molar-refractivity contribution is -0.140. The number of rotatable bonds is 9. The van der Waals surface area contributed by atoms with E-state index in [9.17, 15) is 14.4 Å². The van der Waals surface area contributed by atoms with Gasteiger partial charge in [-0.25, -0.2) is 9.59 Å². The predicted octanol–water partition coefficient (Wildman–Crippen LogP) is 5.63. The Labute approximate surface area is 213 Å². The van der Waals surface area contributed by atoms with Gasteiger partial charge in [-0.05, 0) is 43.2 Å². The molecule has 2 aromatic carbocycles. The van der Waals surface area contributed by atoms with Crippen molar-refractivity contribution in [3.05, 3.63) is 61.6 Å². The van der Waals surface area contributed by atoms with Crippen LogP contribution in [0.4, 0.5) is 0 Å². The monoisotopic (exact) mass is 548 g/mol. The highest BCUT2D eigenvalue weighted by Gasteiger charge is 2.30. The Kier molecular flexibility index (Phi) is 8.54. The van der Waals surface area contributed by atoms with Crippen molar-refractivity contribution in [2.45, 2.75) is 18.9 Å². The zero-order valence-corrected chi connectivity index (χ0v) is 20.2. The summed E-state index contributed by atoms with van der Waals surface area (Å²) < 4.78 is 16.1. The minimum Gasteiger partial charge on any atom is -0.482 e. The largest absolute Gasteiger partial charge is 0.482 e. The number of Topliss-reactive ketones (excluding diaryl/α,β-unsaturated/α-hetero) is 1. The highest BCUT2D eigenvalue weighted by Crippen LogP contribution is 2.41. The molecule has 2 N–H and O–H groups in total. The van der Waals surface area contributed by atoms with Crippen LogP contribution in [0.5, 0.6) is 11.5 Å². The average Bonchev–Trinajstić information content (AvgIpc) is 2.80. The van der Waals surface area contributed by atoms with E-state index in [0.717, 1.165) is 0 Å². The number of carbonyl (C=O) groups excluding carboxylic acids is 1. The smallest absolute Gasteiger partial charge is 0.341 e. The number of hydrogen-bond acceptors (Lipinski definition) is 6. The molecule has 1 unspecified atom stereocenters. The second kappa shape index (κ2) is 11.2. The summed E-state index contributed by atoms with van der Waals surface area (Å²) in [5.41, 5.74) is 0.482. The van der Waals surface area contributed by atoms with Gasteiger partial charge in [0.2, 0.25) is 5.78 Å². The Hall–Kier alpha value is -2.65. The van der Waals surface area contributed by atoms with Gasteiger partial charge >= 0.3 is 11.9 Å². The van der Waals surface area contributed by atoms with Gasteiger partial charge in [0.05, 0.1) is 10.0 Å². The molecular weight excluding hydrogens is 534 g/mol. The number of aliphatic carboxylic acids is 2. The van der Waals surface area contributed by atoms with Crippen molar-refractivity contribution in [2.75, 3.05) is 13.2 Å². The van der Waals surface area contributed by atoms with E-state index in [1.165, 1.54) is 18.2 Å². The van der Waals surface area contributed by atoms with E-state index in [1.54, 1.807) is 12.1 Å². The lowest BCUT2D eigenvalue weighted by Gasteiger charge is -2.25. The first-order chi connectivity index (χ1) is 16.1. The van der Waals surface area contributed by atoms with E-state index in [1.807, 2.05) is 0 Å². The summed E-state index contributed by atoms with van der Waals surface area (Å²) in [7, 11) is 0. The third kappa shape index (κ3) is 5.88. The van der Waals surface area contributed by atoms with E-state index in [0.29, 0.717) is 24.2 Å². The van der Waals surface area contributed by atoms with Crippen LogP contribution in [0.3, 0.4) is 0 Å². The molecule has 8 nitrogen and oxygen atoms in total. The second-order valence-electron chi connectivity index (χ2n) is 6.96. The van der Waals surface area contributed by atoms with E-state index in [-0.39, 0.29) is 37.2 Å². The number of allylic oxidation sites excluding steroid dienone is 1. The molecule has 0 aliphatic carbocycles. The van der Waals surface area contributed by atoms with Gasteiger partial charge in [-0.15, -0.1) is 0 Å². The molecule has 0 saturated carbocycles. The zero-order valence-electron chi connectivity index (χ0n) is 17.1. The van der Waals surface area contributed by atoms with E-state index >= 15 is 0 Å². The van der Waals surface area contributed by atoms with Crippen LogP contribution in [0.1, 0.15) is 28.8 Å². The second-order valence-corrected chi connectivity index (χ2v) is 8.47. The van der Waals surface area contributed by atoms with Crippen LogP contribution in [0.2, 0.25) is 20.1 Å². The molecule has 0 bridgehead atoms. The topological polar surface area (TPSA) is 119 Å². The maximum Gasteiger partial charge on any atom is 0.341 e. The van der Waals surface area contributed by atoms with Gasteiger partial charge in [0.1, 0.15) is 27.3 Å². The molecule has 1 heterocycles. The standard InChI is InChI=1S/C22H16Cl4O8/c23-18-10(4-6-13(20(18)25)32-8-16(27)28)12-2-1-3-15(34-12)22(31)11-5-7-14(21(26)19(11)24)33-9-17(29)30/h2,4-7,15H,1,3,8-9H2,(H,27,28)(H,29,30). The quantitative estimate of drug-likeness (QED) is 0.386. The van der Waals surface area contributed by atoms with Gasteiger partial charge in [-0.2, -0.15) is 0 Å². The van der Waals surface area contributed by atoms with Gasteiger partial charge < -0.3 is 24.4 Å². The van der Waals surface area contributed by atoms with Crippen molar-refractivity contribution in [2.24, 2.45) is 0 Å². The number of halogens is 4. The molecule has 0 saturated heterocycles. The number of benzene rings is 2. The number of ether oxygens (including phenoxy) is 3. The molecule has 1 aliphatic heterocycles. The lowest BCUT2D eigenvalue weighted by Crippen LogP contribution is -2.26. The first kappa shape index (κ1) is 26.0. The molecular formula is C22H16Cl4O8. The van der Waals surface area contributed by atoms with Crippen molar-refractivity contribution in [3.8, 4) is 11.5 Å². The fraction of sp³-hybridized carbons (Fsp3) is 0.227. The van der Waals surface area contributed by atoms with Crippen molar-refractivity contribution in [3.63, 3.8) is 0 Å². The SMILES string of the molecule is O=C(O)COc1ccc(C(=O)C2CCC=C(c3ccc(OCC(=O)O)c(Cl)c3Cl)O2)c(Cl)c1Cl. The number of ketones is 1. The van der Waals surface area contributed by atoms with Crippen LogP contribution in [0, 0.1) is 0 Å². The molecule has 12 heteroatoms. The maximum absolute atomic E-state index is 13.1. The van der Waals surface area contributed by atoms with E-state index in [2.05, 4.69) is 0 Å². The van der Waals surface area contributed by atoms with Crippen LogP contribution < -0.4 is 9.47 Å². The molecule has 1 atom stereocenters. The van der Waals surface area contributed by atoms with Crippen molar-refractivity contribution < 1.29 is 38.8 Å². The predicted molar refractivity (Wildman–Crippen MR) is 126 cm³/mol. The molecule has 0 spiro atoms. The Morgan fingerprint density at radius 3 is 2.00 bits per heavy atom. The van der Waals surface area contributed by atoms with Crippen molar-refractivity contribution >= 4 is 69.9 Å². The molecule has 2 aromatic rings. The average molecular weight is 550 g/mol. The summed E-state index contributed by atoms with van der Waals surface area (Å²) in [6.45, 7) is -1.21. The molecule has 3 rings (SSSR count). The van der Waals surface area contributed by atoms with Gasteiger partial charge in [0.25, 0.3) is 0 Å². The van der Waals surface area contributed by atoms with Gasteiger partial charge in [0.15, 0.2) is 19.3 Å². The third-order valence-corrected chi connectivity index (χ3v) is 6.38. The molecule has 180 valence electrons. The summed E-state index contributed by atoms with van der Waals surface area (Å²) in [4.78, 5) is 34.5. The highest BCUT2D eigenvalue weighted by molar-refractivity contribution is 6.45. The summed E-state index contributed by atoms with van der Waals surface area (Å²) in [5, 5.41) is 17.4. The van der Waals surface area contributed by atoms with E-state index < -0.39 is 37.0 Å². The lowest BCUT2D eigenvalue weighted by atomic mass is 9.99. The number of hydrogen-bond donors (Lipinski definition) is 2. The number of carboxylic acid groups (broad SMARTS) is 2. The summed E-state index contributed by atoms with van der Waals surface area (Å²) in [6, 6.07) is 5.74.